The maximum Gasteiger partial charge on any atom is 0.163 e. The summed E-state index contributed by atoms with van der Waals surface area (Å²) < 4.78 is 0. The molecule has 2 heterocycles. The standard InChI is InChI=1S/C17H22N4/c1-12-13(2)19-16(15-8-5-9-18-10-15)20-17(12)21(3)11-14-6-4-7-14/h5,8-10,14H,4,6-7,11H2,1-3H3. The highest BCUT2D eigenvalue weighted by molar-refractivity contribution is 5.59. The van der Waals surface area contributed by atoms with Crippen molar-refractivity contribution in [3.63, 3.8) is 0 Å². The Morgan fingerprint density at radius 1 is 1.24 bits per heavy atom. The Morgan fingerprint density at radius 3 is 2.67 bits per heavy atom. The van der Waals surface area contributed by atoms with E-state index in [9.17, 15) is 0 Å². The second kappa shape index (κ2) is 5.80. The van der Waals surface area contributed by atoms with Gasteiger partial charge >= 0.3 is 0 Å². The number of hydrogen-bond donors (Lipinski definition) is 0. The maximum absolute atomic E-state index is 4.79. The second-order valence-corrected chi connectivity index (χ2v) is 6.00. The molecule has 0 saturated heterocycles. The summed E-state index contributed by atoms with van der Waals surface area (Å²) in [5, 5.41) is 0. The minimum absolute atomic E-state index is 0.765. The van der Waals surface area contributed by atoms with Crippen LogP contribution in [-0.2, 0) is 0 Å². The minimum Gasteiger partial charge on any atom is -0.359 e. The fourth-order valence-electron chi connectivity index (χ4n) is 2.76. The van der Waals surface area contributed by atoms with Gasteiger partial charge in [-0.1, -0.05) is 6.42 Å². The first-order valence-electron chi connectivity index (χ1n) is 7.62. The van der Waals surface area contributed by atoms with Crippen molar-refractivity contribution in [1.29, 1.82) is 0 Å². The number of pyridine rings is 1. The molecule has 0 N–H and O–H groups in total. The third-order valence-electron chi connectivity index (χ3n) is 4.40. The number of rotatable bonds is 4. The van der Waals surface area contributed by atoms with Gasteiger partial charge in [-0.05, 0) is 44.7 Å². The predicted molar refractivity (Wildman–Crippen MR) is 85.3 cm³/mol. The van der Waals surface area contributed by atoms with Crippen LogP contribution < -0.4 is 4.90 Å². The maximum atomic E-state index is 4.79. The van der Waals surface area contributed by atoms with Crippen LogP contribution in [0.3, 0.4) is 0 Å². The molecule has 3 rings (SSSR count). The van der Waals surface area contributed by atoms with Gasteiger partial charge in [-0.25, -0.2) is 9.97 Å². The zero-order valence-electron chi connectivity index (χ0n) is 13.0. The molecular weight excluding hydrogens is 260 g/mol. The summed E-state index contributed by atoms with van der Waals surface area (Å²) in [4.78, 5) is 15.9. The summed E-state index contributed by atoms with van der Waals surface area (Å²) >= 11 is 0. The lowest BCUT2D eigenvalue weighted by atomic mass is 9.85. The molecule has 0 bridgehead atoms. The van der Waals surface area contributed by atoms with Crippen LogP contribution in [0.4, 0.5) is 5.82 Å². The zero-order chi connectivity index (χ0) is 14.8. The fourth-order valence-corrected chi connectivity index (χ4v) is 2.76. The normalized spacial score (nSPS) is 14.8. The molecule has 1 aliphatic rings. The highest BCUT2D eigenvalue weighted by Gasteiger charge is 2.21. The molecule has 1 fully saturated rings. The van der Waals surface area contributed by atoms with Crippen molar-refractivity contribution < 1.29 is 0 Å². The van der Waals surface area contributed by atoms with Gasteiger partial charge in [0.1, 0.15) is 5.82 Å². The molecular formula is C17H22N4. The van der Waals surface area contributed by atoms with Crippen molar-refractivity contribution in [3.8, 4) is 11.4 Å². The SMILES string of the molecule is Cc1nc(-c2cccnc2)nc(N(C)CC2CCC2)c1C. The van der Waals surface area contributed by atoms with Crippen LogP contribution in [0.5, 0.6) is 0 Å². The highest BCUT2D eigenvalue weighted by atomic mass is 15.2. The van der Waals surface area contributed by atoms with E-state index < -0.39 is 0 Å². The van der Waals surface area contributed by atoms with Crippen molar-refractivity contribution in [1.82, 2.24) is 15.0 Å². The van der Waals surface area contributed by atoms with E-state index in [0.29, 0.717) is 0 Å². The van der Waals surface area contributed by atoms with E-state index in [1.165, 1.54) is 24.8 Å². The number of hydrogen-bond acceptors (Lipinski definition) is 4. The molecule has 21 heavy (non-hydrogen) atoms. The van der Waals surface area contributed by atoms with Gasteiger partial charge in [-0.2, -0.15) is 0 Å². The fraction of sp³-hybridized carbons (Fsp3) is 0.471. The lowest BCUT2D eigenvalue weighted by Gasteiger charge is -2.31. The number of nitrogens with zero attached hydrogens (tertiary/aromatic N) is 4. The summed E-state index contributed by atoms with van der Waals surface area (Å²) in [6.45, 7) is 5.25. The summed E-state index contributed by atoms with van der Waals surface area (Å²) in [6.07, 6.45) is 7.67. The largest absolute Gasteiger partial charge is 0.359 e. The van der Waals surface area contributed by atoms with E-state index in [0.717, 1.165) is 35.4 Å². The molecule has 0 aromatic carbocycles. The molecule has 0 spiro atoms. The van der Waals surface area contributed by atoms with Crippen LogP contribution >= 0.6 is 0 Å². The molecule has 0 atom stereocenters. The molecule has 0 radical (unpaired) electrons. The van der Waals surface area contributed by atoms with Gasteiger partial charge in [-0.3, -0.25) is 4.98 Å². The van der Waals surface area contributed by atoms with Crippen molar-refractivity contribution in [2.45, 2.75) is 33.1 Å². The first kappa shape index (κ1) is 14.0. The second-order valence-electron chi connectivity index (χ2n) is 6.00. The van der Waals surface area contributed by atoms with Gasteiger partial charge in [0.15, 0.2) is 5.82 Å². The van der Waals surface area contributed by atoms with E-state index in [2.05, 4.69) is 35.8 Å². The molecule has 1 aliphatic carbocycles. The third-order valence-corrected chi connectivity index (χ3v) is 4.40. The molecule has 0 unspecified atom stereocenters. The Labute approximate surface area is 126 Å². The van der Waals surface area contributed by atoms with Gasteiger partial charge in [0.2, 0.25) is 0 Å². The van der Waals surface area contributed by atoms with E-state index in [1.807, 2.05) is 18.3 Å². The number of aryl methyl sites for hydroxylation is 1. The minimum atomic E-state index is 0.765. The summed E-state index contributed by atoms with van der Waals surface area (Å²) in [5.74, 6) is 2.64. The Bertz CT molecular complexity index is 620. The molecule has 110 valence electrons. The first-order chi connectivity index (χ1) is 10.1. The highest BCUT2D eigenvalue weighted by Crippen LogP contribution is 2.30. The van der Waals surface area contributed by atoms with E-state index in [-0.39, 0.29) is 0 Å². The van der Waals surface area contributed by atoms with Crippen molar-refractivity contribution in [2.75, 3.05) is 18.5 Å². The van der Waals surface area contributed by atoms with Crippen LogP contribution in [0.15, 0.2) is 24.5 Å². The molecule has 0 aliphatic heterocycles. The Morgan fingerprint density at radius 2 is 2.05 bits per heavy atom. The van der Waals surface area contributed by atoms with Gasteiger partial charge in [0.05, 0.1) is 0 Å². The molecule has 1 saturated carbocycles. The Hall–Kier alpha value is -1.97. The molecule has 4 heteroatoms. The van der Waals surface area contributed by atoms with E-state index >= 15 is 0 Å². The van der Waals surface area contributed by atoms with Crippen LogP contribution in [0, 0.1) is 19.8 Å². The average Bonchev–Trinajstić information content (AvgIpc) is 2.46. The van der Waals surface area contributed by atoms with Gasteiger partial charge < -0.3 is 4.90 Å². The van der Waals surface area contributed by atoms with Crippen LogP contribution in [0.25, 0.3) is 11.4 Å². The van der Waals surface area contributed by atoms with Crippen LogP contribution in [0.2, 0.25) is 0 Å². The van der Waals surface area contributed by atoms with Gasteiger partial charge in [0, 0.05) is 42.8 Å². The van der Waals surface area contributed by atoms with Gasteiger partial charge in [-0.15, -0.1) is 0 Å². The zero-order valence-corrected chi connectivity index (χ0v) is 13.0. The van der Waals surface area contributed by atoms with Crippen LogP contribution in [-0.4, -0.2) is 28.5 Å². The third kappa shape index (κ3) is 2.89. The monoisotopic (exact) mass is 282 g/mol. The topological polar surface area (TPSA) is 41.9 Å². The Kier molecular flexibility index (Phi) is 3.86. The predicted octanol–water partition coefficient (Wildman–Crippen LogP) is 3.39. The molecule has 4 nitrogen and oxygen atoms in total. The van der Waals surface area contributed by atoms with Crippen molar-refractivity contribution in [2.24, 2.45) is 5.92 Å². The Balaban J connectivity index is 1.93. The van der Waals surface area contributed by atoms with Gasteiger partial charge in [0.25, 0.3) is 0 Å². The quantitative estimate of drug-likeness (QED) is 0.862. The van der Waals surface area contributed by atoms with E-state index in [1.54, 1.807) is 6.20 Å². The van der Waals surface area contributed by atoms with Crippen LogP contribution in [0.1, 0.15) is 30.5 Å². The average molecular weight is 282 g/mol. The lowest BCUT2D eigenvalue weighted by Crippen LogP contribution is -2.30. The summed E-state index contributed by atoms with van der Waals surface area (Å²) in [5.41, 5.74) is 3.18. The van der Waals surface area contributed by atoms with Crippen molar-refractivity contribution in [3.05, 3.63) is 35.8 Å². The van der Waals surface area contributed by atoms with E-state index in [4.69, 9.17) is 4.98 Å². The summed E-state index contributed by atoms with van der Waals surface area (Å²) in [7, 11) is 2.14. The molecule has 2 aromatic rings. The van der Waals surface area contributed by atoms with Crippen molar-refractivity contribution >= 4 is 5.82 Å². The number of aromatic nitrogens is 3. The molecule has 2 aromatic heterocycles. The smallest absolute Gasteiger partial charge is 0.163 e. The summed E-state index contributed by atoms with van der Waals surface area (Å²) in [6, 6.07) is 3.93. The first-order valence-corrected chi connectivity index (χ1v) is 7.62. The molecule has 0 amide bonds. The lowest BCUT2D eigenvalue weighted by molar-refractivity contribution is 0.321. The number of anilines is 1.